The van der Waals surface area contributed by atoms with Crippen LogP contribution < -0.4 is 10.1 Å². The Morgan fingerprint density at radius 1 is 0.875 bits per heavy atom. The average molecular weight is 319 g/mol. The maximum Gasteiger partial charge on any atom is 0.127 e. The van der Waals surface area contributed by atoms with Crippen LogP contribution in [0.3, 0.4) is 0 Å². The molecular weight excluding hydrogens is 298 g/mol. The van der Waals surface area contributed by atoms with Crippen LogP contribution in [0.4, 0.5) is 0 Å². The van der Waals surface area contributed by atoms with Gasteiger partial charge in [0.2, 0.25) is 0 Å². The first-order chi connectivity index (χ1) is 11.9. The van der Waals surface area contributed by atoms with E-state index in [1.807, 2.05) is 48.7 Å². The third-order valence-corrected chi connectivity index (χ3v) is 4.57. The van der Waals surface area contributed by atoms with E-state index in [2.05, 4.69) is 27.6 Å². The predicted octanol–water partition coefficient (Wildman–Crippen LogP) is 4.34. The second kappa shape index (κ2) is 6.89. The number of hydrogen-bond donors (Lipinski definition) is 2. The molecule has 0 spiro atoms. The Morgan fingerprint density at radius 2 is 1.58 bits per heavy atom. The zero-order chi connectivity index (χ0) is 16.2. The van der Waals surface area contributed by atoms with Crippen molar-refractivity contribution < 1.29 is 4.74 Å². The molecule has 1 saturated heterocycles. The SMILES string of the molecule is c1ccc(Oc2ccc(-c3[nH]ncc3C3CCNCC3)cc2)cc1. The molecule has 1 fully saturated rings. The number of hydrogen-bond acceptors (Lipinski definition) is 3. The van der Waals surface area contributed by atoms with Gasteiger partial charge < -0.3 is 10.1 Å². The smallest absolute Gasteiger partial charge is 0.127 e. The summed E-state index contributed by atoms with van der Waals surface area (Å²) >= 11 is 0. The van der Waals surface area contributed by atoms with Gasteiger partial charge in [0, 0.05) is 11.1 Å². The van der Waals surface area contributed by atoms with Gasteiger partial charge in [0.15, 0.2) is 0 Å². The van der Waals surface area contributed by atoms with Crippen LogP contribution in [-0.2, 0) is 0 Å². The van der Waals surface area contributed by atoms with Gasteiger partial charge in [0.05, 0.1) is 11.9 Å². The molecule has 1 aliphatic rings. The second-order valence-electron chi connectivity index (χ2n) is 6.16. The highest BCUT2D eigenvalue weighted by molar-refractivity contribution is 5.64. The van der Waals surface area contributed by atoms with E-state index in [4.69, 9.17) is 4.74 Å². The number of aromatic nitrogens is 2. The molecule has 0 atom stereocenters. The van der Waals surface area contributed by atoms with E-state index in [-0.39, 0.29) is 0 Å². The lowest BCUT2D eigenvalue weighted by atomic mass is 9.89. The van der Waals surface area contributed by atoms with Crippen molar-refractivity contribution in [3.05, 3.63) is 66.4 Å². The van der Waals surface area contributed by atoms with E-state index < -0.39 is 0 Å². The fourth-order valence-electron chi connectivity index (χ4n) is 3.28. The minimum atomic E-state index is 0.584. The first-order valence-electron chi connectivity index (χ1n) is 8.47. The topological polar surface area (TPSA) is 49.9 Å². The fourth-order valence-corrected chi connectivity index (χ4v) is 3.28. The maximum atomic E-state index is 5.86. The molecule has 4 heteroatoms. The lowest BCUT2D eigenvalue weighted by Gasteiger charge is -2.22. The summed E-state index contributed by atoms with van der Waals surface area (Å²) in [6.07, 6.45) is 4.32. The molecule has 4 rings (SSSR count). The molecule has 0 bridgehead atoms. The van der Waals surface area contributed by atoms with Crippen molar-refractivity contribution in [2.75, 3.05) is 13.1 Å². The van der Waals surface area contributed by atoms with Gasteiger partial charge in [0.25, 0.3) is 0 Å². The van der Waals surface area contributed by atoms with Crippen molar-refractivity contribution >= 4 is 0 Å². The number of aromatic amines is 1. The Balaban J connectivity index is 1.54. The van der Waals surface area contributed by atoms with E-state index in [1.54, 1.807) is 0 Å². The minimum absolute atomic E-state index is 0.584. The molecular formula is C20H21N3O. The average Bonchev–Trinajstić information content (AvgIpc) is 3.14. The number of ether oxygens (including phenoxy) is 1. The Bertz CT molecular complexity index is 774. The maximum absolute atomic E-state index is 5.86. The van der Waals surface area contributed by atoms with E-state index >= 15 is 0 Å². The summed E-state index contributed by atoms with van der Waals surface area (Å²) in [5, 5.41) is 10.9. The zero-order valence-corrected chi connectivity index (χ0v) is 13.5. The summed E-state index contributed by atoms with van der Waals surface area (Å²) in [4.78, 5) is 0. The molecule has 0 radical (unpaired) electrons. The van der Waals surface area contributed by atoms with Crippen LogP contribution in [0.15, 0.2) is 60.8 Å². The van der Waals surface area contributed by atoms with Crippen molar-refractivity contribution in [1.29, 1.82) is 0 Å². The van der Waals surface area contributed by atoms with Crippen LogP contribution >= 0.6 is 0 Å². The van der Waals surface area contributed by atoms with Crippen molar-refractivity contribution in [1.82, 2.24) is 15.5 Å². The monoisotopic (exact) mass is 319 g/mol. The summed E-state index contributed by atoms with van der Waals surface area (Å²) in [7, 11) is 0. The van der Waals surface area contributed by atoms with Crippen LogP contribution in [0.1, 0.15) is 24.3 Å². The summed E-state index contributed by atoms with van der Waals surface area (Å²) < 4.78 is 5.86. The number of nitrogens with zero attached hydrogens (tertiary/aromatic N) is 1. The number of nitrogens with one attached hydrogen (secondary N) is 2. The molecule has 2 heterocycles. The van der Waals surface area contributed by atoms with E-state index in [0.29, 0.717) is 5.92 Å². The Hall–Kier alpha value is -2.59. The molecule has 1 aromatic heterocycles. The summed E-state index contributed by atoms with van der Waals surface area (Å²) in [6.45, 7) is 2.16. The molecule has 0 amide bonds. The number of H-pyrrole nitrogens is 1. The molecule has 24 heavy (non-hydrogen) atoms. The molecule has 2 N–H and O–H groups in total. The highest BCUT2D eigenvalue weighted by atomic mass is 16.5. The van der Waals surface area contributed by atoms with Crippen LogP contribution in [0.25, 0.3) is 11.3 Å². The van der Waals surface area contributed by atoms with Crippen molar-refractivity contribution in [3.63, 3.8) is 0 Å². The summed E-state index contributed by atoms with van der Waals surface area (Å²) in [5.74, 6) is 2.27. The number of piperidine rings is 1. The molecule has 1 aliphatic heterocycles. The lowest BCUT2D eigenvalue weighted by molar-refractivity contribution is 0.461. The van der Waals surface area contributed by atoms with Gasteiger partial charge >= 0.3 is 0 Å². The Labute approximate surface area is 141 Å². The Morgan fingerprint density at radius 3 is 2.33 bits per heavy atom. The largest absolute Gasteiger partial charge is 0.457 e. The molecule has 0 saturated carbocycles. The third kappa shape index (κ3) is 3.19. The van der Waals surface area contributed by atoms with Crippen LogP contribution in [0.2, 0.25) is 0 Å². The van der Waals surface area contributed by atoms with E-state index in [0.717, 1.165) is 35.8 Å². The van der Waals surface area contributed by atoms with Crippen LogP contribution in [-0.4, -0.2) is 23.3 Å². The van der Waals surface area contributed by atoms with Crippen molar-refractivity contribution in [2.45, 2.75) is 18.8 Å². The zero-order valence-electron chi connectivity index (χ0n) is 13.5. The van der Waals surface area contributed by atoms with Crippen molar-refractivity contribution in [2.24, 2.45) is 0 Å². The number of para-hydroxylation sites is 1. The second-order valence-corrected chi connectivity index (χ2v) is 6.16. The molecule has 0 unspecified atom stereocenters. The molecule has 122 valence electrons. The normalized spacial score (nSPS) is 15.3. The predicted molar refractivity (Wildman–Crippen MR) is 95.4 cm³/mol. The van der Waals surface area contributed by atoms with Gasteiger partial charge in [-0.2, -0.15) is 5.10 Å². The first kappa shape index (κ1) is 15.0. The lowest BCUT2D eigenvalue weighted by Crippen LogP contribution is -2.26. The number of benzene rings is 2. The standard InChI is InChI=1S/C20H21N3O/c1-2-4-17(5-3-1)24-18-8-6-16(7-9-18)20-19(14-22-23-20)15-10-12-21-13-11-15/h1-9,14-15,21H,10-13H2,(H,22,23). The van der Waals surface area contributed by atoms with Gasteiger partial charge in [-0.1, -0.05) is 18.2 Å². The molecule has 0 aliphatic carbocycles. The summed E-state index contributed by atoms with van der Waals surface area (Å²) in [6, 6.07) is 18.0. The molecule has 2 aromatic carbocycles. The number of rotatable bonds is 4. The van der Waals surface area contributed by atoms with E-state index in [1.165, 1.54) is 18.4 Å². The highest BCUT2D eigenvalue weighted by Gasteiger charge is 2.20. The van der Waals surface area contributed by atoms with Crippen molar-refractivity contribution in [3.8, 4) is 22.8 Å². The van der Waals surface area contributed by atoms with Gasteiger partial charge in [-0.25, -0.2) is 0 Å². The van der Waals surface area contributed by atoms with Gasteiger partial charge in [-0.05, 0) is 68.2 Å². The van der Waals surface area contributed by atoms with Crippen LogP contribution in [0.5, 0.6) is 11.5 Å². The highest BCUT2D eigenvalue weighted by Crippen LogP contribution is 2.33. The fraction of sp³-hybridized carbons (Fsp3) is 0.250. The van der Waals surface area contributed by atoms with Gasteiger partial charge in [0.1, 0.15) is 11.5 Å². The van der Waals surface area contributed by atoms with E-state index in [9.17, 15) is 0 Å². The quantitative estimate of drug-likeness (QED) is 0.752. The molecule has 4 nitrogen and oxygen atoms in total. The van der Waals surface area contributed by atoms with Crippen LogP contribution in [0, 0.1) is 0 Å². The molecule has 3 aromatic rings. The minimum Gasteiger partial charge on any atom is -0.457 e. The van der Waals surface area contributed by atoms with Gasteiger partial charge in [-0.15, -0.1) is 0 Å². The third-order valence-electron chi connectivity index (χ3n) is 4.57. The first-order valence-corrected chi connectivity index (χ1v) is 8.47. The Kier molecular flexibility index (Phi) is 4.30. The summed E-state index contributed by atoms with van der Waals surface area (Å²) in [5.41, 5.74) is 3.61. The van der Waals surface area contributed by atoms with Gasteiger partial charge in [-0.3, -0.25) is 5.10 Å².